The Morgan fingerprint density at radius 1 is 1.25 bits per heavy atom. The van der Waals surface area contributed by atoms with Crippen molar-refractivity contribution in [2.24, 2.45) is 0 Å². The number of hydrogen-bond acceptors (Lipinski definition) is 4. The lowest BCUT2D eigenvalue weighted by Gasteiger charge is -2.26. The molecule has 1 aromatic carbocycles. The fraction of sp³-hybridized carbons (Fsp3) is 0.571. The van der Waals surface area contributed by atoms with Crippen molar-refractivity contribution in [3.63, 3.8) is 0 Å². The van der Waals surface area contributed by atoms with Crippen molar-refractivity contribution in [3.05, 3.63) is 29.8 Å². The Hall–Kier alpha value is -0.950. The molecule has 20 heavy (non-hydrogen) atoms. The minimum absolute atomic E-state index is 0.367. The zero-order chi connectivity index (χ0) is 14.4. The Balaban J connectivity index is 1.79. The highest BCUT2D eigenvalue weighted by atomic mass is 32.2. The molecule has 1 N–H and O–H groups in total. The monoisotopic (exact) mass is 298 g/mol. The smallest absolute Gasteiger partial charge is 0.240 e. The maximum atomic E-state index is 12.2. The van der Waals surface area contributed by atoms with E-state index in [1.54, 1.807) is 12.1 Å². The van der Waals surface area contributed by atoms with Gasteiger partial charge in [0.05, 0.1) is 18.1 Å². The second kappa shape index (κ2) is 7.17. The largest absolute Gasteiger partial charge is 0.379 e. The number of nitrogens with one attached hydrogen (secondary N) is 1. The van der Waals surface area contributed by atoms with Gasteiger partial charge in [-0.05, 0) is 31.5 Å². The second-order valence-electron chi connectivity index (χ2n) is 4.97. The highest BCUT2D eigenvalue weighted by Gasteiger charge is 2.16. The van der Waals surface area contributed by atoms with Crippen molar-refractivity contribution in [1.82, 2.24) is 9.62 Å². The number of rotatable bonds is 6. The highest BCUT2D eigenvalue weighted by molar-refractivity contribution is 7.89. The quantitative estimate of drug-likeness (QED) is 0.796. The molecule has 6 heteroatoms. The van der Waals surface area contributed by atoms with Crippen molar-refractivity contribution >= 4 is 10.0 Å². The zero-order valence-electron chi connectivity index (χ0n) is 11.8. The van der Waals surface area contributed by atoms with E-state index in [4.69, 9.17) is 4.74 Å². The molecule has 5 nitrogen and oxygen atoms in total. The second-order valence-corrected chi connectivity index (χ2v) is 6.71. The normalized spacial score (nSPS) is 17.2. The van der Waals surface area contributed by atoms with Crippen LogP contribution in [0, 0.1) is 6.92 Å². The summed E-state index contributed by atoms with van der Waals surface area (Å²) in [6.07, 6.45) is 0.811. The maximum Gasteiger partial charge on any atom is 0.240 e. The van der Waals surface area contributed by atoms with E-state index in [-0.39, 0.29) is 0 Å². The molecule has 0 unspecified atom stereocenters. The van der Waals surface area contributed by atoms with Gasteiger partial charge in [0, 0.05) is 19.6 Å². The van der Waals surface area contributed by atoms with Crippen LogP contribution in [0.15, 0.2) is 29.2 Å². The molecule has 0 aliphatic carbocycles. The highest BCUT2D eigenvalue weighted by Crippen LogP contribution is 2.13. The molecule has 0 radical (unpaired) electrons. The molecule has 0 amide bonds. The fourth-order valence-corrected chi connectivity index (χ4v) is 3.59. The molecular weight excluding hydrogens is 276 g/mol. The predicted molar refractivity (Wildman–Crippen MR) is 78.2 cm³/mol. The third kappa shape index (κ3) is 4.28. The minimum atomic E-state index is -3.39. The molecular formula is C14H22N2O3S. The fourth-order valence-electron chi connectivity index (χ4n) is 2.27. The van der Waals surface area contributed by atoms with Crippen molar-refractivity contribution in [2.45, 2.75) is 18.2 Å². The molecule has 1 aromatic rings. The van der Waals surface area contributed by atoms with Crippen molar-refractivity contribution in [2.75, 3.05) is 39.4 Å². The van der Waals surface area contributed by atoms with Crippen LogP contribution in [0.3, 0.4) is 0 Å². The van der Waals surface area contributed by atoms with E-state index >= 15 is 0 Å². The number of ether oxygens (including phenoxy) is 1. The molecule has 1 heterocycles. The van der Waals surface area contributed by atoms with E-state index in [1.165, 1.54) is 0 Å². The van der Waals surface area contributed by atoms with Gasteiger partial charge >= 0.3 is 0 Å². The molecule has 0 bridgehead atoms. The SMILES string of the molecule is Cc1ccccc1S(=O)(=O)NCCCN1CCOCC1. The van der Waals surface area contributed by atoms with Gasteiger partial charge < -0.3 is 4.74 Å². The van der Waals surface area contributed by atoms with Crippen LogP contribution < -0.4 is 4.72 Å². The van der Waals surface area contributed by atoms with Gasteiger partial charge in [-0.2, -0.15) is 0 Å². The van der Waals surface area contributed by atoms with Crippen LogP contribution in [0.25, 0.3) is 0 Å². The summed E-state index contributed by atoms with van der Waals surface area (Å²) in [5.41, 5.74) is 0.771. The van der Waals surface area contributed by atoms with Crippen LogP contribution in [0.2, 0.25) is 0 Å². The lowest BCUT2D eigenvalue weighted by atomic mass is 10.2. The van der Waals surface area contributed by atoms with Gasteiger partial charge in [0.1, 0.15) is 0 Å². The summed E-state index contributed by atoms with van der Waals surface area (Å²) < 4.78 is 32.3. The molecule has 1 aliphatic rings. The van der Waals surface area contributed by atoms with Gasteiger partial charge in [-0.25, -0.2) is 13.1 Å². The third-order valence-electron chi connectivity index (χ3n) is 3.43. The summed E-state index contributed by atoms with van der Waals surface area (Å²) in [5.74, 6) is 0. The lowest BCUT2D eigenvalue weighted by Crippen LogP contribution is -2.38. The molecule has 0 atom stereocenters. The Bertz CT molecular complexity index is 525. The molecule has 1 aliphatic heterocycles. The summed E-state index contributed by atoms with van der Waals surface area (Å²) >= 11 is 0. The number of aryl methyl sites for hydroxylation is 1. The Morgan fingerprint density at radius 2 is 1.95 bits per heavy atom. The van der Waals surface area contributed by atoms with Crippen LogP contribution >= 0.6 is 0 Å². The molecule has 0 saturated carbocycles. The van der Waals surface area contributed by atoms with Crippen molar-refractivity contribution < 1.29 is 13.2 Å². The summed E-state index contributed by atoms with van der Waals surface area (Å²) in [6.45, 7) is 6.59. The molecule has 112 valence electrons. The van der Waals surface area contributed by atoms with Gasteiger partial charge in [0.25, 0.3) is 0 Å². The van der Waals surface area contributed by atoms with E-state index < -0.39 is 10.0 Å². The molecule has 0 spiro atoms. The average Bonchev–Trinajstić information content (AvgIpc) is 2.45. The Kier molecular flexibility index (Phi) is 5.54. The summed E-state index contributed by atoms with van der Waals surface area (Å²) in [7, 11) is -3.39. The number of nitrogens with zero attached hydrogens (tertiary/aromatic N) is 1. The van der Waals surface area contributed by atoms with Gasteiger partial charge in [0.2, 0.25) is 10.0 Å². The predicted octanol–water partition coefficient (Wildman–Crippen LogP) is 0.996. The van der Waals surface area contributed by atoms with E-state index in [0.717, 1.165) is 44.8 Å². The topological polar surface area (TPSA) is 58.6 Å². The van der Waals surface area contributed by atoms with Gasteiger partial charge in [-0.1, -0.05) is 18.2 Å². The van der Waals surface area contributed by atoms with E-state index in [9.17, 15) is 8.42 Å². The maximum absolute atomic E-state index is 12.2. The van der Waals surface area contributed by atoms with Crippen LogP contribution in [0.1, 0.15) is 12.0 Å². The third-order valence-corrected chi connectivity index (χ3v) is 5.05. The van der Waals surface area contributed by atoms with E-state index in [1.807, 2.05) is 19.1 Å². The van der Waals surface area contributed by atoms with Crippen LogP contribution in [-0.2, 0) is 14.8 Å². The number of sulfonamides is 1. The lowest BCUT2D eigenvalue weighted by molar-refractivity contribution is 0.0376. The standard InChI is InChI=1S/C14H22N2O3S/c1-13-5-2-3-6-14(13)20(17,18)15-7-4-8-16-9-11-19-12-10-16/h2-3,5-6,15H,4,7-12H2,1H3. The summed E-state index contributed by atoms with van der Waals surface area (Å²) in [5, 5.41) is 0. The van der Waals surface area contributed by atoms with Crippen molar-refractivity contribution in [3.8, 4) is 0 Å². The van der Waals surface area contributed by atoms with E-state index in [0.29, 0.717) is 11.4 Å². The molecule has 1 saturated heterocycles. The van der Waals surface area contributed by atoms with Crippen LogP contribution in [0.5, 0.6) is 0 Å². The first-order valence-corrected chi connectivity index (χ1v) is 8.43. The zero-order valence-corrected chi connectivity index (χ0v) is 12.7. The van der Waals surface area contributed by atoms with Crippen molar-refractivity contribution in [1.29, 1.82) is 0 Å². The first kappa shape index (κ1) is 15.4. The molecule has 2 rings (SSSR count). The Labute approximate surface area is 121 Å². The van der Waals surface area contributed by atoms with Crippen LogP contribution in [0.4, 0.5) is 0 Å². The van der Waals surface area contributed by atoms with Gasteiger partial charge in [0.15, 0.2) is 0 Å². The first-order chi connectivity index (χ1) is 9.59. The van der Waals surface area contributed by atoms with Gasteiger partial charge in [-0.3, -0.25) is 4.90 Å². The average molecular weight is 298 g/mol. The molecule has 0 aromatic heterocycles. The van der Waals surface area contributed by atoms with E-state index in [2.05, 4.69) is 9.62 Å². The molecule has 1 fully saturated rings. The first-order valence-electron chi connectivity index (χ1n) is 6.95. The minimum Gasteiger partial charge on any atom is -0.379 e. The Morgan fingerprint density at radius 3 is 2.65 bits per heavy atom. The number of morpholine rings is 1. The summed E-state index contributed by atoms with van der Waals surface area (Å²) in [6, 6.07) is 7.03. The summed E-state index contributed by atoms with van der Waals surface area (Å²) in [4.78, 5) is 2.66. The number of benzene rings is 1. The number of hydrogen-bond donors (Lipinski definition) is 1. The van der Waals surface area contributed by atoms with Crippen LogP contribution in [-0.4, -0.2) is 52.7 Å². The van der Waals surface area contributed by atoms with Gasteiger partial charge in [-0.15, -0.1) is 0 Å².